The number of nitrogens with zero attached hydrogens (tertiary/aromatic N) is 2. The van der Waals surface area contributed by atoms with Crippen LogP contribution in [0.25, 0.3) is 0 Å². The van der Waals surface area contributed by atoms with Crippen LogP contribution in [0.4, 0.5) is 4.79 Å². The first-order chi connectivity index (χ1) is 9.63. The van der Waals surface area contributed by atoms with Crippen LogP contribution in [0.3, 0.4) is 0 Å². The normalized spacial score (nSPS) is 27.4. The average molecular weight is 284 g/mol. The Bertz CT molecular complexity index is 359. The minimum atomic E-state index is -0.901. The molecule has 114 valence electrons. The van der Waals surface area contributed by atoms with E-state index in [0.29, 0.717) is 38.4 Å². The zero-order chi connectivity index (χ0) is 14.5. The van der Waals surface area contributed by atoms with Crippen molar-refractivity contribution in [2.75, 3.05) is 26.2 Å². The summed E-state index contributed by atoms with van der Waals surface area (Å²) in [5.41, 5.74) is 0. The Balaban J connectivity index is 1.99. The first-order valence-electron chi connectivity index (χ1n) is 7.52. The Morgan fingerprint density at radius 1 is 1.10 bits per heavy atom. The number of carboxylic acid groups (broad SMARTS) is 1. The number of carbonyl (C=O) groups is 2. The van der Waals surface area contributed by atoms with E-state index in [1.165, 1.54) is 4.90 Å². The molecule has 2 aliphatic heterocycles. The summed E-state index contributed by atoms with van der Waals surface area (Å²) in [4.78, 5) is 27.1. The van der Waals surface area contributed by atoms with Gasteiger partial charge in [-0.15, -0.1) is 0 Å². The van der Waals surface area contributed by atoms with Crippen LogP contribution < -0.4 is 0 Å². The summed E-state index contributed by atoms with van der Waals surface area (Å²) in [6.45, 7) is 2.02. The fraction of sp³-hybridized carbons (Fsp3) is 0.857. The second kappa shape index (κ2) is 6.92. The van der Waals surface area contributed by atoms with Crippen molar-refractivity contribution in [2.24, 2.45) is 5.92 Å². The van der Waals surface area contributed by atoms with Gasteiger partial charge in [0.05, 0.1) is 0 Å². The van der Waals surface area contributed by atoms with Gasteiger partial charge in [0.1, 0.15) is 6.04 Å². The third kappa shape index (κ3) is 3.42. The van der Waals surface area contributed by atoms with Gasteiger partial charge in [0.2, 0.25) is 0 Å². The van der Waals surface area contributed by atoms with Gasteiger partial charge < -0.3 is 20.0 Å². The number of amides is 2. The number of carbonyl (C=O) groups excluding carboxylic acids is 1. The smallest absolute Gasteiger partial charge is 0.326 e. The Morgan fingerprint density at radius 2 is 1.90 bits per heavy atom. The number of aliphatic hydroxyl groups is 1. The van der Waals surface area contributed by atoms with Crippen molar-refractivity contribution in [1.29, 1.82) is 0 Å². The van der Waals surface area contributed by atoms with Gasteiger partial charge in [-0.25, -0.2) is 9.59 Å². The third-order valence-electron chi connectivity index (χ3n) is 4.36. The summed E-state index contributed by atoms with van der Waals surface area (Å²) >= 11 is 0. The molecule has 2 saturated heterocycles. The van der Waals surface area contributed by atoms with Crippen molar-refractivity contribution in [2.45, 2.75) is 44.6 Å². The molecule has 0 aliphatic carbocycles. The molecule has 2 heterocycles. The lowest BCUT2D eigenvalue weighted by molar-refractivity contribution is -0.143. The summed E-state index contributed by atoms with van der Waals surface area (Å²) in [5, 5.41) is 18.3. The fourth-order valence-electron chi connectivity index (χ4n) is 3.26. The van der Waals surface area contributed by atoms with Crippen LogP contribution in [-0.2, 0) is 4.79 Å². The monoisotopic (exact) mass is 284 g/mol. The van der Waals surface area contributed by atoms with Crippen molar-refractivity contribution >= 4 is 12.0 Å². The molecule has 2 atom stereocenters. The van der Waals surface area contributed by atoms with Crippen LogP contribution in [0.1, 0.15) is 38.5 Å². The molecule has 0 aromatic rings. The zero-order valence-electron chi connectivity index (χ0n) is 11.8. The number of hydrogen-bond acceptors (Lipinski definition) is 3. The molecule has 2 unspecified atom stereocenters. The molecular formula is C14H24N2O4. The lowest BCUT2D eigenvalue weighted by Crippen LogP contribution is -2.55. The van der Waals surface area contributed by atoms with Crippen molar-refractivity contribution in [3.63, 3.8) is 0 Å². The predicted octanol–water partition coefficient (Wildman–Crippen LogP) is 1.14. The molecule has 2 fully saturated rings. The number of carboxylic acids is 1. The van der Waals surface area contributed by atoms with Crippen LogP contribution in [0, 0.1) is 5.92 Å². The van der Waals surface area contributed by atoms with Crippen molar-refractivity contribution < 1.29 is 19.8 Å². The predicted molar refractivity (Wildman–Crippen MR) is 73.4 cm³/mol. The maximum Gasteiger partial charge on any atom is 0.326 e. The molecule has 0 aromatic heterocycles. The van der Waals surface area contributed by atoms with Crippen LogP contribution in [0.2, 0.25) is 0 Å². The van der Waals surface area contributed by atoms with E-state index in [0.717, 1.165) is 25.7 Å². The molecule has 6 nitrogen and oxygen atoms in total. The Morgan fingerprint density at radius 3 is 2.60 bits per heavy atom. The molecule has 0 spiro atoms. The van der Waals surface area contributed by atoms with E-state index in [2.05, 4.69) is 0 Å². The van der Waals surface area contributed by atoms with E-state index in [4.69, 9.17) is 5.11 Å². The van der Waals surface area contributed by atoms with E-state index < -0.39 is 12.0 Å². The van der Waals surface area contributed by atoms with E-state index >= 15 is 0 Å². The number of likely N-dealkylation sites (tertiary alicyclic amines) is 2. The van der Waals surface area contributed by atoms with Crippen LogP contribution in [0.15, 0.2) is 0 Å². The van der Waals surface area contributed by atoms with E-state index in [1.807, 2.05) is 0 Å². The number of aliphatic hydroxyl groups excluding tert-OH is 1. The highest BCUT2D eigenvalue weighted by molar-refractivity contribution is 5.83. The van der Waals surface area contributed by atoms with Gasteiger partial charge in [-0.3, -0.25) is 0 Å². The van der Waals surface area contributed by atoms with Crippen molar-refractivity contribution in [3.05, 3.63) is 0 Å². The first-order valence-corrected chi connectivity index (χ1v) is 7.52. The van der Waals surface area contributed by atoms with Gasteiger partial charge in [-0.2, -0.15) is 0 Å². The molecule has 2 N–H and O–H groups in total. The molecule has 2 amide bonds. The number of aliphatic carboxylic acids is 1. The van der Waals surface area contributed by atoms with E-state index in [9.17, 15) is 14.7 Å². The van der Waals surface area contributed by atoms with Crippen molar-refractivity contribution in [3.8, 4) is 0 Å². The minimum absolute atomic E-state index is 0.139. The second-order valence-electron chi connectivity index (χ2n) is 5.79. The molecule has 6 heteroatoms. The summed E-state index contributed by atoms with van der Waals surface area (Å²) < 4.78 is 0. The van der Waals surface area contributed by atoms with Gasteiger partial charge >= 0.3 is 12.0 Å². The molecule has 2 rings (SSSR count). The molecule has 0 aromatic carbocycles. The molecule has 0 saturated carbocycles. The number of urea groups is 1. The summed E-state index contributed by atoms with van der Waals surface area (Å²) in [5.74, 6) is -0.562. The topological polar surface area (TPSA) is 81.1 Å². The zero-order valence-corrected chi connectivity index (χ0v) is 11.8. The largest absolute Gasteiger partial charge is 0.480 e. The van der Waals surface area contributed by atoms with Crippen molar-refractivity contribution in [1.82, 2.24) is 9.80 Å². The molecule has 2 aliphatic rings. The number of rotatable bonds is 3. The lowest BCUT2D eigenvalue weighted by Gasteiger charge is -2.40. The van der Waals surface area contributed by atoms with Gasteiger partial charge in [0.25, 0.3) is 0 Å². The highest BCUT2D eigenvalue weighted by Gasteiger charge is 2.35. The fourth-order valence-corrected chi connectivity index (χ4v) is 3.26. The van der Waals surface area contributed by atoms with Gasteiger partial charge in [-0.05, 0) is 44.4 Å². The lowest BCUT2D eigenvalue weighted by atomic mass is 9.95. The highest BCUT2D eigenvalue weighted by Crippen LogP contribution is 2.24. The maximum absolute atomic E-state index is 12.5. The highest BCUT2D eigenvalue weighted by atomic mass is 16.4. The molecular weight excluding hydrogens is 260 g/mol. The quantitative estimate of drug-likeness (QED) is 0.814. The van der Waals surface area contributed by atoms with Gasteiger partial charge in [-0.1, -0.05) is 0 Å². The summed E-state index contributed by atoms with van der Waals surface area (Å²) in [6.07, 6.45) is 4.98. The van der Waals surface area contributed by atoms with Crippen LogP contribution in [-0.4, -0.2) is 64.3 Å². The molecule has 0 bridgehead atoms. The summed E-state index contributed by atoms with van der Waals surface area (Å²) in [6, 6.07) is -0.811. The van der Waals surface area contributed by atoms with Gasteiger partial charge in [0.15, 0.2) is 0 Å². The van der Waals surface area contributed by atoms with Gasteiger partial charge in [0, 0.05) is 26.2 Å². The first kappa shape index (κ1) is 15.1. The SMILES string of the molecule is O=C(O)C1CCCCN1C(=O)N1CCCC(CCO)C1. The Hall–Kier alpha value is -1.30. The standard InChI is InChI=1S/C14H24N2O4/c17-9-6-11-4-3-7-15(10-11)14(20)16-8-2-1-5-12(16)13(18)19/h11-12,17H,1-10H2,(H,18,19). The summed E-state index contributed by atoms with van der Waals surface area (Å²) in [7, 11) is 0. The third-order valence-corrected chi connectivity index (χ3v) is 4.36. The molecule has 20 heavy (non-hydrogen) atoms. The number of piperidine rings is 2. The molecule has 0 radical (unpaired) electrons. The second-order valence-corrected chi connectivity index (χ2v) is 5.79. The maximum atomic E-state index is 12.5. The Labute approximate surface area is 119 Å². The average Bonchev–Trinajstić information content (AvgIpc) is 2.47. The minimum Gasteiger partial charge on any atom is -0.480 e. The van der Waals surface area contributed by atoms with E-state index in [1.54, 1.807) is 4.90 Å². The Kier molecular flexibility index (Phi) is 5.23. The van der Waals surface area contributed by atoms with Crippen LogP contribution in [0.5, 0.6) is 0 Å². The van der Waals surface area contributed by atoms with Crippen LogP contribution >= 0.6 is 0 Å². The number of hydrogen-bond donors (Lipinski definition) is 2. The van der Waals surface area contributed by atoms with E-state index in [-0.39, 0.29) is 12.6 Å².